The van der Waals surface area contributed by atoms with Gasteiger partial charge in [-0.2, -0.15) is 0 Å². The van der Waals surface area contributed by atoms with Gasteiger partial charge < -0.3 is 4.74 Å². The van der Waals surface area contributed by atoms with Crippen molar-refractivity contribution in [3.8, 4) is 5.75 Å². The Morgan fingerprint density at radius 3 is 2.81 bits per heavy atom. The Labute approximate surface area is 160 Å². The predicted octanol–water partition coefficient (Wildman–Crippen LogP) is 3.30. The maximum absolute atomic E-state index is 12.3. The first-order valence-electron chi connectivity index (χ1n) is 8.95. The highest BCUT2D eigenvalue weighted by Gasteiger charge is 2.27. The highest BCUT2D eigenvalue weighted by atomic mass is 32.2. The smallest absolute Gasteiger partial charge is 0.250 e. The van der Waals surface area contributed by atoms with Crippen molar-refractivity contribution < 1.29 is 13.2 Å². The summed E-state index contributed by atoms with van der Waals surface area (Å²) in [6.07, 6.45) is 0.827. The van der Waals surface area contributed by atoms with Crippen molar-refractivity contribution in [3.05, 3.63) is 47.3 Å². The third-order valence-electron chi connectivity index (χ3n) is 4.56. The van der Waals surface area contributed by atoms with Crippen LogP contribution in [0.15, 0.2) is 46.0 Å². The zero-order chi connectivity index (χ0) is 18.6. The molecule has 0 aliphatic carbocycles. The van der Waals surface area contributed by atoms with E-state index in [1.54, 1.807) is 17.5 Å². The van der Waals surface area contributed by atoms with Gasteiger partial charge in [0.05, 0.1) is 0 Å². The van der Waals surface area contributed by atoms with Gasteiger partial charge in [-0.1, -0.05) is 38.1 Å². The number of likely N-dealkylation sites (tertiary alicyclic amines) is 1. The lowest BCUT2D eigenvalue weighted by Crippen LogP contribution is -2.37. The van der Waals surface area contributed by atoms with Crippen molar-refractivity contribution in [2.45, 2.75) is 36.4 Å². The summed E-state index contributed by atoms with van der Waals surface area (Å²) in [5.41, 5.74) is 1.22. The fourth-order valence-corrected chi connectivity index (χ4v) is 5.47. The Kier molecular flexibility index (Phi) is 6.34. The number of sulfonamides is 1. The van der Waals surface area contributed by atoms with E-state index >= 15 is 0 Å². The number of para-hydroxylation sites is 1. The number of hydrogen-bond acceptors (Lipinski definition) is 5. The van der Waals surface area contributed by atoms with Crippen LogP contribution in [0.25, 0.3) is 0 Å². The van der Waals surface area contributed by atoms with Gasteiger partial charge >= 0.3 is 0 Å². The van der Waals surface area contributed by atoms with E-state index in [1.165, 1.54) is 16.9 Å². The first-order valence-corrected chi connectivity index (χ1v) is 11.3. The van der Waals surface area contributed by atoms with Gasteiger partial charge in [0.15, 0.2) is 0 Å². The summed E-state index contributed by atoms with van der Waals surface area (Å²) in [7, 11) is -3.39. The molecule has 0 radical (unpaired) electrons. The van der Waals surface area contributed by atoms with Crippen molar-refractivity contribution >= 4 is 21.4 Å². The second-order valence-corrected chi connectivity index (χ2v) is 9.77. The van der Waals surface area contributed by atoms with Gasteiger partial charge in [-0.15, -0.1) is 11.3 Å². The van der Waals surface area contributed by atoms with E-state index in [4.69, 9.17) is 4.74 Å². The molecule has 5 nitrogen and oxygen atoms in total. The van der Waals surface area contributed by atoms with Crippen LogP contribution in [-0.4, -0.2) is 45.6 Å². The zero-order valence-corrected chi connectivity index (χ0v) is 16.9. The lowest BCUT2D eigenvalue weighted by molar-refractivity contribution is 0.234. The molecule has 1 unspecified atom stereocenters. The zero-order valence-electron chi connectivity index (χ0n) is 15.2. The Bertz CT molecular complexity index is 804. The SMILES string of the molecule is CC(C)c1ccccc1OCCN1CCC(NS(=O)(=O)c2cccs2)C1. The van der Waals surface area contributed by atoms with E-state index in [0.29, 0.717) is 16.7 Å². The van der Waals surface area contributed by atoms with E-state index < -0.39 is 10.0 Å². The third kappa shape index (κ3) is 4.85. The van der Waals surface area contributed by atoms with Gasteiger partial charge in [-0.3, -0.25) is 4.90 Å². The van der Waals surface area contributed by atoms with Gasteiger partial charge in [0, 0.05) is 19.1 Å². The molecule has 0 saturated carbocycles. The van der Waals surface area contributed by atoms with Crippen LogP contribution in [0, 0.1) is 0 Å². The van der Waals surface area contributed by atoms with Crippen LogP contribution in [0.3, 0.4) is 0 Å². The molecule has 1 saturated heterocycles. The highest BCUT2D eigenvalue weighted by molar-refractivity contribution is 7.91. The lowest BCUT2D eigenvalue weighted by Gasteiger charge is -2.18. The molecule has 0 spiro atoms. The molecule has 3 rings (SSSR count). The molecule has 1 aliphatic rings. The topological polar surface area (TPSA) is 58.6 Å². The average molecular weight is 395 g/mol. The number of thiophene rings is 1. The van der Waals surface area contributed by atoms with E-state index in [2.05, 4.69) is 29.5 Å². The molecule has 1 aromatic carbocycles. The Hall–Kier alpha value is -1.41. The maximum Gasteiger partial charge on any atom is 0.250 e. The second kappa shape index (κ2) is 8.52. The molecule has 1 atom stereocenters. The molecule has 2 heterocycles. The number of hydrogen-bond donors (Lipinski definition) is 1. The van der Waals surface area contributed by atoms with Gasteiger partial charge in [0.1, 0.15) is 16.6 Å². The monoisotopic (exact) mass is 394 g/mol. The minimum absolute atomic E-state index is 0.0370. The Morgan fingerprint density at radius 1 is 1.27 bits per heavy atom. The summed E-state index contributed by atoms with van der Waals surface area (Å²) in [6.45, 7) is 7.32. The molecule has 1 fully saturated rings. The van der Waals surface area contributed by atoms with Crippen LogP contribution in [0.5, 0.6) is 5.75 Å². The highest BCUT2D eigenvalue weighted by Crippen LogP contribution is 2.26. The van der Waals surface area contributed by atoms with Crippen LogP contribution in [-0.2, 0) is 10.0 Å². The number of nitrogens with one attached hydrogen (secondary N) is 1. The molecule has 142 valence electrons. The number of nitrogens with zero attached hydrogens (tertiary/aromatic N) is 1. The minimum Gasteiger partial charge on any atom is -0.492 e. The van der Waals surface area contributed by atoms with Crippen LogP contribution in [0.4, 0.5) is 0 Å². The third-order valence-corrected chi connectivity index (χ3v) is 7.48. The van der Waals surface area contributed by atoms with Crippen LogP contribution >= 0.6 is 11.3 Å². The molecule has 0 amide bonds. The minimum atomic E-state index is -3.39. The van der Waals surface area contributed by atoms with Gasteiger partial charge in [-0.25, -0.2) is 13.1 Å². The molecule has 1 aliphatic heterocycles. The maximum atomic E-state index is 12.3. The van der Waals surface area contributed by atoms with E-state index in [9.17, 15) is 8.42 Å². The molecule has 2 aromatic rings. The van der Waals surface area contributed by atoms with Crippen LogP contribution in [0.2, 0.25) is 0 Å². The molecular weight excluding hydrogens is 368 g/mol. The summed E-state index contributed by atoms with van der Waals surface area (Å²) < 4.78 is 33.8. The Morgan fingerprint density at radius 2 is 2.08 bits per heavy atom. The van der Waals surface area contributed by atoms with Crippen molar-refractivity contribution in [1.29, 1.82) is 0 Å². The average Bonchev–Trinajstić information content (AvgIpc) is 3.27. The quantitative estimate of drug-likeness (QED) is 0.746. The second-order valence-electron chi connectivity index (χ2n) is 6.88. The summed E-state index contributed by atoms with van der Waals surface area (Å²) in [5.74, 6) is 1.37. The fraction of sp³-hybridized carbons (Fsp3) is 0.474. The van der Waals surface area contributed by atoms with Gasteiger partial charge in [0.25, 0.3) is 0 Å². The predicted molar refractivity (Wildman–Crippen MR) is 106 cm³/mol. The summed E-state index contributed by atoms with van der Waals surface area (Å²) in [5, 5.41) is 1.78. The number of ether oxygens (including phenoxy) is 1. The summed E-state index contributed by atoms with van der Waals surface area (Å²) >= 11 is 1.25. The summed E-state index contributed by atoms with van der Waals surface area (Å²) in [6, 6.07) is 11.5. The molecule has 1 N–H and O–H groups in total. The molecule has 0 bridgehead atoms. The van der Waals surface area contributed by atoms with Crippen molar-refractivity contribution in [2.24, 2.45) is 0 Å². The molecular formula is C19H26N2O3S2. The van der Waals surface area contributed by atoms with E-state index in [1.807, 2.05) is 18.2 Å². The normalized spacial score (nSPS) is 18.5. The van der Waals surface area contributed by atoms with Crippen LogP contribution in [0.1, 0.15) is 31.7 Å². The van der Waals surface area contributed by atoms with Gasteiger partial charge in [-0.05, 0) is 42.0 Å². The van der Waals surface area contributed by atoms with E-state index in [-0.39, 0.29) is 6.04 Å². The van der Waals surface area contributed by atoms with Gasteiger partial charge in [0.2, 0.25) is 10.0 Å². The lowest BCUT2D eigenvalue weighted by atomic mass is 10.0. The standard InChI is InChI=1S/C19H26N2O3S2/c1-15(2)17-6-3-4-7-18(17)24-12-11-21-10-9-16(14-21)20-26(22,23)19-8-5-13-25-19/h3-8,13,15-16,20H,9-12,14H2,1-2H3. The van der Waals surface area contributed by atoms with Crippen molar-refractivity contribution in [3.63, 3.8) is 0 Å². The van der Waals surface area contributed by atoms with Crippen molar-refractivity contribution in [2.75, 3.05) is 26.2 Å². The number of rotatable bonds is 8. The van der Waals surface area contributed by atoms with Crippen LogP contribution < -0.4 is 9.46 Å². The summed E-state index contributed by atoms with van der Waals surface area (Å²) in [4.78, 5) is 2.25. The Balaban J connectivity index is 1.47. The fourth-order valence-electron chi connectivity index (χ4n) is 3.20. The first kappa shape index (κ1) is 19.4. The largest absolute Gasteiger partial charge is 0.492 e. The first-order chi connectivity index (χ1) is 12.5. The van der Waals surface area contributed by atoms with Crippen molar-refractivity contribution in [1.82, 2.24) is 9.62 Å². The van der Waals surface area contributed by atoms with E-state index in [0.717, 1.165) is 31.8 Å². The molecule has 26 heavy (non-hydrogen) atoms. The molecule has 1 aromatic heterocycles. The number of benzene rings is 1. The molecule has 7 heteroatoms.